The highest BCUT2D eigenvalue weighted by atomic mass is 79.9. The Morgan fingerprint density at radius 1 is 1.07 bits per heavy atom. The van der Waals surface area contributed by atoms with E-state index in [2.05, 4.69) is 30.5 Å². The van der Waals surface area contributed by atoms with Gasteiger partial charge in [-0.1, -0.05) is 45.9 Å². The molecule has 0 amide bonds. The van der Waals surface area contributed by atoms with Gasteiger partial charge in [0.25, 0.3) is 0 Å². The number of hydrogen-bond acceptors (Lipinski definition) is 4. The molecule has 140 valence electrons. The molecule has 4 nitrogen and oxygen atoms in total. The van der Waals surface area contributed by atoms with Crippen LogP contribution in [0.3, 0.4) is 0 Å². The summed E-state index contributed by atoms with van der Waals surface area (Å²) in [5.74, 6) is 0.440. The van der Waals surface area contributed by atoms with E-state index in [4.69, 9.17) is 0 Å². The van der Waals surface area contributed by atoms with Crippen molar-refractivity contribution >= 4 is 44.4 Å². The van der Waals surface area contributed by atoms with Crippen LogP contribution in [0.15, 0.2) is 70.4 Å². The average Bonchev–Trinajstić information content (AvgIpc) is 3.01. The van der Waals surface area contributed by atoms with Crippen LogP contribution in [-0.2, 0) is 0 Å². The molecule has 2 aromatic carbocycles. The monoisotopic (exact) mass is 451 g/mol. The zero-order chi connectivity index (χ0) is 19.7. The fraction of sp³-hybridized carbons (Fsp3) is 0.136. The van der Waals surface area contributed by atoms with Gasteiger partial charge in [-0.25, -0.2) is 9.97 Å². The lowest BCUT2D eigenvalue weighted by Gasteiger charge is -2.10. The van der Waals surface area contributed by atoms with Crippen LogP contribution >= 0.6 is 27.7 Å². The summed E-state index contributed by atoms with van der Waals surface area (Å²) >= 11 is 4.93. The summed E-state index contributed by atoms with van der Waals surface area (Å²) in [7, 11) is 0. The fourth-order valence-corrected chi connectivity index (χ4v) is 4.48. The molecule has 0 aliphatic heterocycles. The number of carbonyl (C=O) groups is 1. The standard InChI is InChI=1S/C22H18BrN3OS/c1-14-11-19(15(2)26(14)17-9-7-16(23)8-10-17)21(27)12-28-22-18-5-3-4-6-20(18)24-13-25-22/h3-11,13H,12H2,1-2H3. The molecule has 4 aromatic rings. The summed E-state index contributed by atoms with van der Waals surface area (Å²) in [5.41, 5.74) is 4.69. The van der Waals surface area contributed by atoms with Crippen LogP contribution in [0.1, 0.15) is 21.7 Å². The number of carbonyl (C=O) groups excluding carboxylic acids is 1. The lowest BCUT2D eigenvalue weighted by molar-refractivity contribution is 0.102. The normalized spacial score (nSPS) is 11.1. The first-order valence-corrected chi connectivity index (χ1v) is 10.6. The maximum atomic E-state index is 12.9. The third kappa shape index (κ3) is 3.62. The lowest BCUT2D eigenvalue weighted by atomic mass is 10.2. The molecular formula is C22H18BrN3OS. The van der Waals surface area contributed by atoms with E-state index < -0.39 is 0 Å². The van der Waals surface area contributed by atoms with Gasteiger partial charge >= 0.3 is 0 Å². The molecule has 0 bridgehead atoms. The van der Waals surface area contributed by atoms with E-state index in [1.165, 1.54) is 11.8 Å². The van der Waals surface area contributed by atoms with Crippen LogP contribution in [0.4, 0.5) is 0 Å². The van der Waals surface area contributed by atoms with Crippen molar-refractivity contribution in [2.24, 2.45) is 0 Å². The number of para-hydroxylation sites is 1. The second kappa shape index (κ2) is 7.89. The molecule has 0 N–H and O–H groups in total. The largest absolute Gasteiger partial charge is 0.318 e. The van der Waals surface area contributed by atoms with Crippen LogP contribution in [-0.4, -0.2) is 26.1 Å². The van der Waals surface area contributed by atoms with Gasteiger partial charge in [0.15, 0.2) is 5.78 Å². The molecule has 0 fully saturated rings. The molecule has 0 aliphatic rings. The molecule has 0 spiro atoms. The highest BCUT2D eigenvalue weighted by Gasteiger charge is 2.17. The summed E-state index contributed by atoms with van der Waals surface area (Å²) < 4.78 is 3.15. The molecule has 2 aromatic heterocycles. The maximum absolute atomic E-state index is 12.9. The molecule has 4 rings (SSSR count). The summed E-state index contributed by atoms with van der Waals surface area (Å²) in [6, 6.07) is 17.9. The maximum Gasteiger partial charge on any atom is 0.174 e. The van der Waals surface area contributed by atoms with E-state index >= 15 is 0 Å². The van der Waals surface area contributed by atoms with E-state index in [9.17, 15) is 4.79 Å². The first kappa shape index (κ1) is 18.9. The number of ketones is 1. The number of aromatic nitrogens is 3. The van der Waals surface area contributed by atoms with Gasteiger partial charge < -0.3 is 4.57 Å². The third-order valence-electron chi connectivity index (χ3n) is 4.66. The van der Waals surface area contributed by atoms with Crippen molar-refractivity contribution in [1.29, 1.82) is 0 Å². The molecule has 0 unspecified atom stereocenters. The molecule has 0 atom stereocenters. The highest BCUT2D eigenvalue weighted by Crippen LogP contribution is 2.27. The first-order chi connectivity index (χ1) is 13.5. The predicted molar refractivity (Wildman–Crippen MR) is 118 cm³/mol. The van der Waals surface area contributed by atoms with Gasteiger partial charge in [0, 0.05) is 32.5 Å². The number of halogens is 1. The van der Waals surface area contributed by atoms with Crippen molar-refractivity contribution in [2.75, 3.05) is 5.75 Å². The summed E-state index contributed by atoms with van der Waals surface area (Å²) in [5, 5.41) is 1.81. The van der Waals surface area contributed by atoms with Gasteiger partial charge in [-0.05, 0) is 50.2 Å². The quantitative estimate of drug-likeness (QED) is 0.219. The number of hydrogen-bond donors (Lipinski definition) is 0. The first-order valence-electron chi connectivity index (χ1n) is 8.85. The van der Waals surface area contributed by atoms with Gasteiger partial charge in [-0.15, -0.1) is 0 Å². The SMILES string of the molecule is Cc1cc(C(=O)CSc2ncnc3ccccc23)c(C)n1-c1ccc(Br)cc1. The zero-order valence-corrected chi connectivity index (χ0v) is 17.9. The minimum Gasteiger partial charge on any atom is -0.318 e. The van der Waals surface area contributed by atoms with Crippen molar-refractivity contribution in [3.05, 3.63) is 82.3 Å². The molecule has 0 aliphatic carbocycles. The molecule has 0 radical (unpaired) electrons. The Kier molecular flexibility index (Phi) is 5.33. The van der Waals surface area contributed by atoms with E-state index in [0.29, 0.717) is 5.75 Å². The van der Waals surface area contributed by atoms with Gasteiger partial charge in [-0.2, -0.15) is 0 Å². The number of benzene rings is 2. The van der Waals surface area contributed by atoms with Crippen LogP contribution in [0, 0.1) is 13.8 Å². The molecule has 0 saturated carbocycles. The predicted octanol–water partition coefficient (Wildman–Crippen LogP) is 5.77. The van der Waals surface area contributed by atoms with E-state index in [0.717, 1.165) is 43.0 Å². The summed E-state index contributed by atoms with van der Waals surface area (Å²) in [6.07, 6.45) is 1.55. The Balaban J connectivity index is 1.59. The topological polar surface area (TPSA) is 47.8 Å². The van der Waals surface area contributed by atoms with Crippen molar-refractivity contribution in [2.45, 2.75) is 18.9 Å². The average molecular weight is 452 g/mol. The zero-order valence-electron chi connectivity index (χ0n) is 15.5. The fourth-order valence-electron chi connectivity index (χ4n) is 3.34. The number of rotatable bonds is 5. The Morgan fingerprint density at radius 3 is 2.61 bits per heavy atom. The Bertz CT molecular complexity index is 1160. The van der Waals surface area contributed by atoms with Crippen LogP contribution in [0.2, 0.25) is 0 Å². The number of nitrogens with zero attached hydrogens (tertiary/aromatic N) is 3. The molecule has 0 saturated heterocycles. The van der Waals surface area contributed by atoms with Crippen molar-refractivity contribution in [3.63, 3.8) is 0 Å². The van der Waals surface area contributed by atoms with Gasteiger partial charge in [0.05, 0.1) is 11.3 Å². The number of Topliss-reactive ketones (excluding diaryl/α,β-unsaturated/α-hetero) is 1. The van der Waals surface area contributed by atoms with E-state index in [-0.39, 0.29) is 5.78 Å². The number of aryl methyl sites for hydroxylation is 1. The van der Waals surface area contributed by atoms with Crippen molar-refractivity contribution in [3.8, 4) is 5.69 Å². The minimum atomic E-state index is 0.101. The molecule has 2 heterocycles. The van der Waals surface area contributed by atoms with Gasteiger partial charge in [0.1, 0.15) is 11.4 Å². The van der Waals surface area contributed by atoms with Crippen LogP contribution < -0.4 is 0 Å². The number of thioether (sulfide) groups is 1. The third-order valence-corrected chi connectivity index (χ3v) is 6.20. The Labute approximate surface area is 176 Å². The Hall–Kier alpha value is -2.44. The van der Waals surface area contributed by atoms with Crippen molar-refractivity contribution < 1.29 is 4.79 Å². The number of fused-ring (bicyclic) bond motifs is 1. The lowest BCUT2D eigenvalue weighted by Crippen LogP contribution is -2.06. The van der Waals surface area contributed by atoms with E-state index in [1.807, 2.05) is 68.4 Å². The smallest absolute Gasteiger partial charge is 0.174 e. The summed E-state index contributed by atoms with van der Waals surface area (Å²) in [4.78, 5) is 21.6. The summed E-state index contributed by atoms with van der Waals surface area (Å²) in [6.45, 7) is 4.02. The van der Waals surface area contributed by atoms with Crippen LogP contribution in [0.5, 0.6) is 0 Å². The molecule has 28 heavy (non-hydrogen) atoms. The minimum absolute atomic E-state index is 0.101. The van der Waals surface area contributed by atoms with Gasteiger partial charge in [-0.3, -0.25) is 4.79 Å². The Morgan fingerprint density at radius 2 is 1.82 bits per heavy atom. The second-order valence-electron chi connectivity index (χ2n) is 6.50. The molecule has 6 heteroatoms. The second-order valence-corrected chi connectivity index (χ2v) is 8.38. The highest BCUT2D eigenvalue weighted by molar-refractivity contribution is 9.10. The molecular weight excluding hydrogens is 434 g/mol. The van der Waals surface area contributed by atoms with Gasteiger partial charge in [0.2, 0.25) is 0 Å². The van der Waals surface area contributed by atoms with E-state index in [1.54, 1.807) is 6.33 Å². The van der Waals surface area contributed by atoms with Crippen LogP contribution in [0.25, 0.3) is 16.6 Å². The van der Waals surface area contributed by atoms with Crippen molar-refractivity contribution in [1.82, 2.24) is 14.5 Å².